The first-order valence-corrected chi connectivity index (χ1v) is 11.2. The van der Waals surface area contributed by atoms with Crippen LogP contribution in [0.3, 0.4) is 0 Å². The molecule has 148 valence electrons. The largest absolute Gasteiger partial charge is 0.496 e. The fourth-order valence-electron chi connectivity index (χ4n) is 3.22. The third-order valence-electron chi connectivity index (χ3n) is 4.63. The lowest BCUT2D eigenvalue weighted by molar-refractivity contribution is 0.415. The van der Waals surface area contributed by atoms with Crippen LogP contribution in [0.1, 0.15) is 5.56 Å². The number of methoxy groups -OCH3 is 1. The average molecular weight is 522 g/mol. The van der Waals surface area contributed by atoms with Crippen LogP contribution in [0.5, 0.6) is 5.75 Å². The van der Waals surface area contributed by atoms with Crippen LogP contribution in [0.2, 0.25) is 0 Å². The molecule has 2 heterocycles. The summed E-state index contributed by atoms with van der Waals surface area (Å²) in [4.78, 5) is 4.49. The van der Waals surface area contributed by atoms with E-state index in [2.05, 4.69) is 4.98 Å². The van der Waals surface area contributed by atoms with Crippen molar-refractivity contribution in [2.75, 3.05) is 7.11 Å². The normalized spacial score (nSPS) is 11.7. The van der Waals surface area contributed by atoms with Crippen LogP contribution in [-0.4, -0.2) is 24.5 Å². The Bertz CT molecular complexity index is 1330. The standard InChI is InChI=1S/C21H16FIN2O3S/c1-13-3-6-15(7-4-13)29(26,27)25-20(23)12-18-16(9-10-24-21(18)25)17-11-14(22)5-8-19(17)28-2/h3-12H,1-2H3. The number of aromatic nitrogens is 2. The lowest BCUT2D eigenvalue weighted by atomic mass is 10.0. The van der Waals surface area contributed by atoms with Gasteiger partial charge in [-0.25, -0.2) is 21.8 Å². The van der Waals surface area contributed by atoms with Crippen LogP contribution in [0.15, 0.2) is 65.7 Å². The number of fused-ring (bicyclic) bond motifs is 1. The summed E-state index contributed by atoms with van der Waals surface area (Å²) in [6.45, 7) is 1.89. The van der Waals surface area contributed by atoms with Crippen LogP contribution in [-0.2, 0) is 10.0 Å². The second kappa shape index (κ2) is 7.42. The number of ether oxygens (including phenoxy) is 1. The minimum Gasteiger partial charge on any atom is -0.496 e. The van der Waals surface area contributed by atoms with E-state index in [1.54, 1.807) is 42.5 Å². The molecule has 8 heteroatoms. The maximum Gasteiger partial charge on any atom is 0.270 e. The summed E-state index contributed by atoms with van der Waals surface area (Å²) in [5.74, 6) is 0.0789. The molecule has 0 bridgehead atoms. The van der Waals surface area contributed by atoms with E-state index in [1.807, 2.05) is 29.5 Å². The van der Waals surface area contributed by atoms with Gasteiger partial charge in [0, 0.05) is 17.1 Å². The number of rotatable bonds is 4. The second-order valence-corrected chi connectivity index (χ2v) is 9.38. The first-order valence-electron chi connectivity index (χ1n) is 8.65. The molecule has 0 unspecified atom stereocenters. The van der Waals surface area contributed by atoms with E-state index in [4.69, 9.17) is 4.74 Å². The first kappa shape index (κ1) is 19.8. The maximum atomic E-state index is 13.9. The van der Waals surface area contributed by atoms with Gasteiger partial charge in [0.15, 0.2) is 5.65 Å². The van der Waals surface area contributed by atoms with E-state index >= 15 is 0 Å². The van der Waals surface area contributed by atoms with Gasteiger partial charge in [-0.15, -0.1) is 0 Å². The fraction of sp³-hybridized carbons (Fsp3) is 0.0952. The maximum absolute atomic E-state index is 13.9. The van der Waals surface area contributed by atoms with Gasteiger partial charge in [-0.3, -0.25) is 0 Å². The highest BCUT2D eigenvalue weighted by Crippen LogP contribution is 2.37. The lowest BCUT2D eigenvalue weighted by Gasteiger charge is -2.11. The highest BCUT2D eigenvalue weighted by molar-refractivity contribution is 14.1. The van der Waals surface area contributed by atoms with Crippen LogP contribution >= 0.6 is 22.6 Å². The topological polar surface area (TPSA) is 61.2 Å². The molecule has 0 atom stereocenters. The smallest absolute Gasteiger partial charge is 0.270 e. The summed E-state index contributed by atoms with van der Waals surface area (Å²) in [5, 5.41) is 0.594. The van der Waals surface area contributed by atoms with Crippen molar-refractivity contribution in [3.63, 3.8) is 0 Å². The van der Waals surface area contributed by atoms with Gasteiger partial charge in [-0.2, -0.15) is 0 Å². The molecule has 0 aliphatic rings. The Morgan fingerprint density at radius 3 is 2.45 bits per heavy atom. The van der Waals surface area contributed by atoms with Crippen molar-refractivity contribution >= 4 is 43.6 Å². The SMILES string of the molecule is COc1ccc(F)cc1-c1ccnc2c1cc(I)n2S(=O)(=O)c1ccc(C)cc1. The summed E-state index contributed by atoms with van der Waals surface area (Å²) in [6, 6.07) is 14.3. The van der Waals surface area contributed by atoms with Gasteiger partial charge in [0.05, 0.1) is 15.7 Å². The van der Waals surface area contributed by atoms with Gasteiger partial charge in [0.25, 0.3) is 10.0 Å². The van der Waals surface area contributed by atoms with E-state index in [9.17, 15) is 12.8 Å². The minimum atomic E-state index is -3.85. The van der Waals surface area contributed by atoms with Crippen LogP contribution in [0.4, 0.5) is 4.39 Å². The van der Waals surface area contributed by atoms with E-state index in [1.165, 1.54) is 29.4 Å². The zero-order valence-electron chi connectivity index (χ0n) is 15.6. The number of hydrogen-bond donors (Lipinski definition) is 0. The van der Waals surface area contributed by atoms with Gasteiger partial charge in [-0.1, -0.05) is 17.7 Å². The Labute approximate surface area is 181 Å². The molecule has 0 saturated heterocycles. The first-order chi connectivity index (χ1) is 13.8. The summed E-state index contributed by atoms with van der Waals surface area (Å²) in [6.07, 6.45) is 1.51. The third kappa shape index (κ3) is 3.40. The molecule has 4 aromatic rings. The molecule has 0 N–H and O–H groups in total. The highest BCUT2D eigenvalue weighted by Gasteiger charge is 2.25. The number of nitrogens with zero attached hydrogens (tertiary/aromatic N) is 2. The van der Waals surface area contributed by atoms with Gasteiger partial charge >= 0.3 is 0 Å². The van der Waals surface area contributed by atoms with Crippen molar-refractivity contribution in [1.82, 2.24) is 8.96 Å². The van der Waals surface area contributed by atoms with Crippen LogP contribution in [0, 0.1) is 16.4 Å². The molecular formula is C21H16FIN2O3S. The van der Waals surface area contributed by atoms with Gasteiger partial charge in [0.2, 0.25) is 0 Å². The highest BCUT2D eigenvalue weighted by atomic mass is 127. The van der Waals surface area contributed by atoms with Gasteiger partial charge in [0.1, 0.15) is 11.6 Å². The van der Waals surface area contributed by atoms with Crippen molar-refractivity contribution in [3.8, 4) is 16.9 Å². The molecule has 4 rings (SSSR count). The Balaban J connectivity index is 1.99. The Hall–Kier alpha value is -2.46. The molecule has 0 fully saturated rings. The van der Waals surface area contributed by atoms with Crippen LogP contribution in [0.25, 0.3) is 22.2 Å². The predicted octanol–water partition coefficient (Wildman–Crippen LogP) is 5.00. The molecule has 0 amide bonds. The van der Waals surface area contributed by atoms with Crippen LogP contribution < -0.4 is 4.74 Å². The van der Waals surface area contributed by atoms with Crippen molar-refractivity contribution in [2.45, 2.75) is 11.8 Å². The number of halogens is 2. The second-order valence-electron chi connectivity index (χ2n) is 6.49. The summed E-state index contributed by atoms with van der Waals surface area (Å²) < 4.78 is 47.6. The average Bonchev–Trinajstić information content (AvgIpc) is 3.04. The zero-order valence-corrected chi connectivity index (χ0v) is 18.5. The number of benzene rings is 2. The minimum absolute atomic E-state index is 0.175. The Morgan fingerprint density at radius 1 is 1.03 bits per heavy atom. The Morgan fingerprint density at radius 2 is 1.76 bits per heavy atom. The fourth-order valence-corrected chi connectivity index (χ4v) is 5.88. The van der Waals surface area contributed by atoms with E-state index < -0.39 is 15.8 Å². The quantitative estimate of drug-likeness (QED) is 0.354. The molecule has 5 nitrogen and oxygen atoms in total. The number of hydrogen-bond acceptors (Lipinski definition) is 4. The molecule has 29 heavy (non-hydrogen) atoms. The molecule has 2 aromatic carbocycles. The molecule has 0 spiro atoms. The number of aryl methyl sites for hydroxylation is 1. The predicted molar refractivity (Wildman–Crippen MR) is 118 cm³/mol. The van der Waals surface area contributed by atoms with Crippen molar-refractivity contribution in [3.05, 3.63) is 75.9 Å². The summed E-state index contributed by atoms with van der Waals surface area (Å²) in [7, 11) is -2.35. The molecule has 0 radical (unpaired) electrons. The van der Waals surface area contributed by atoms with Gasteiger partial charge in [-0.05, 0) is 77.5 Å². The number of pyridine rings is 1. The molecule has 0 saturated carbocycles. The van der Waals surface area contributed by atoms with E-state index in [0.29, 0.717) is 26.0 Å². The molecular weight excluding hydrogens is 506 g/mol. The van der Waals surface area contributed by atoms with Crippen molar-refractivity contribution in [1.29, 1.82) is 0 Å². The summed E-state index contributed by atoms with van der Waals surface area (Å²) >= 11 is 1.97. The van der Waals surface area contributed by atoms with Crippen molar-refractivity contribution in [2.24, 2.45) is 0 Å². The van der Waals surface area contributed by atoms with Crippen molar-refractivity contribution < 1.29 is 17.5 Å². The summed E-state index contributed by atoms with van der Waals surface area (Å²) in [5.41, 5.74) is 2.41. The molecule has 2 aromatic heterocycles. The van der Waals surface area contributed by atoms with Gasteiger partial charge < -0.3 is 4.74 Å². The molecule has 0 aliphatic carbocycles. The lowest BCUT2D eigenvalue weighted by Crippen LogP contribution is -2.15. The van der Waals surface area contributed by atoms with E-state index in [0.717, 1.165) is 5.56 Å². The molecule has 0 aliphatic heterocycles. The van der Waals surface area contributed by atoms with E-state index in [-0.39, 0.29) is 10.5 Å². The Kier molecular flexibility index (Phi) is 5.07. The third-order valence-corrected chi connectivity index (χ3v) is 7.47. The monoisotopic (exact) mass is 522 g/mol. The zero-order chi connectivity index (χ0) is 20.8.